The molecule has 0 aliphatic carbocycles. The lowest BCUT2D eigenvalue weighted by Crippen LogP contribution is -2.51. The van der Waals surface area contributed by atoms with Crippen molar-refractivity contribution in [1.82, 2.24) is 0 Å². The van der Waals surface area contributed by atoms with E-state index in [0.29, 0.717) is 5.56 Å². The van der Waals surface area contributed by atoms with Crippen molar-refractivity contribution in [2.45, 2.75) is 52.5 Å². The Bertz CT molecular complexity index is 854. The van der Waals surface area contributed by atoms with Gasteiger partial charge in [-0.05, 0) is 37.5 Å². The van der Waals surface area contributed by atoms with Gasteiger partial charge < -0.3 is 34.2 Å². The first-order valence-corrected chi connectivity index (χ1v) is 10.9. The zero-order chi connectivity index (χ0) is 25.7. The summed E-state index contributed by atoms with van der Waals surface area (Å²) in [5.41, 5.74) is 5.24. The predicted molar refractivity (Wildman–Crippen MR) is 119 cm³/mol. The number of nitrogens with two attached hydrogens (primary N) is 1. The van der Waals surface area contributed by atoms with Crippen molar-refractivity contribution >= 4 is 24.2 Å². The molecule has 0 unspecified atom stereocenters. The third-order valence-electron chi connectivity index (χ3n) is 4.42. The molecule has 0 aromatic heterocycles. The Kier molecular flexibility index (Phi) is 11.8. The molecule has 0 saturated heterocycles. The Morgan fingerprint density at radius 2 is 1.53 bits per heavy atom. The van der Waals surface area contributed by atoms with Crippen LogP contribution in [0, 0.1) is 5.92 Å². The molecule has 0 saturated carbocycles. The van der Waals surface area contributed by atoms with Gasteiger partial charge in [-0.25, -0.2) is 9.59 Å². The molecule has 0 aliphatic rings. The van der Waals surface area contributed by atoms with Crippen LogP contribution in [-0.4, -0.2) is 56.7 Å². The summed E-state index contributed by atoms with van der Waals surface area (Å²) in [6.07, 6.45) is -1.84. The number of carbonyl (C=O) groups excluding carboxylic acids is 4. The van der Waals surface area contributed by atoms with E-state index in [4.69, 9.17) is 34.2 Å². The van der Waals surface area contributed by atoms with Crippen LogP contribution in [-0.2, 0) is 35.0 Å². The summed E-state index contributed by atoms with van der Waals surface area (Å²) in [5.74, 6) is -1.22. The van der Waals surface area contributed by atoms with Crippen LogP contribution in [0.5, 0.6) is 11.5 Å². The first-order chi connectivity index (χ1) is 16.0. The smallest absolute Gasteiger partial charge is 0.468 e. The number of carbonyl (C=O) groups is 4. The number of methoxy groups -OCH3 is 1. The summed E-state index contributed by atoms with van der Waals surface area (Å²) < 4.78 is 29.7. The maximum Gasteiger partial charge on any atom is 0.513 e. The zero-order valence-corrected chi connectivity index (χ0v) is 20.2. The number of benzene rings is 1. The second-order valence-electron chi connectivity index (χ2n) is 7.74. The second kappa shape index (κ2) is 14.0. The minimum absolute atomic E-state index is 0.0152. The maximum absolute atomic E-state index is 12.4. The fourth-order valence-corrected chi connectivity index (χ4v) is 2.87. The maximum atomic E-state index is 12.4. The van der Waals surface area contributed by atoms with E-state index in [-0.39, 0.29) is 56.5 Å². The van der Waals surface area contributed by atoms with Gasteiger partial charge in [0.1, 0.15) is 5.54 Å². The number of ether oxygens (including phenoxy) is 6. The molecule has 11 nitrogen and oxygen atoms in total. The Labute approximate surface area is 198 Å². The van der Waals surface area contributed by atoms with Crippen molar-refractivity contribution in [2.24, 2.45) is 11.7 Å². The van der Waals surface area contributed by atoms with E-state index in [2.05, 4.69) is 0 Å². The van der Waals surface area contributed by atoms with Crippen molar-refractivity contribution in [3.05, 3.63) is 23.8 Å². The van der Waals surface area contributed by atoms with Gasteiger partial charge in [-0.3, -0.25) is 9.59 Å². The molecule has 0 spiro atoms. The number of hydrogen-bond donors (Lipinski definition) is 1. The van der Waals surface area contributed by atoms with Crippen LogP contribution in [0.25, 0.3) is 0 Å². The van der Waals surface area contributed by atoms with Crippen LogP contribution in [0.2, 0.25) is 0 Å². The van der Waals surface area contributed by atoms with Crippen LogP contribution >= 0.6 is 0 Å². The largest absolute Gasteiger partial charge is 0.513 e. The number of rotatable bonds is 12. The van der Waals surface area contributed by atoms with Gasteiger partial charge in [0.15, 0.2) is 11.5 Å². The van der Waals surface area contributed by atoms with Gasteiger partial charge in [0.05, 0.1) is 26.9 Å². The first-order valence-electron chi connectivity index (χ1n) is 10.9. The molecule has 0 aliphatic heterocycles. The van der Waals surface area contributed by atoms with E-state index in [1.165, 1.54) is 25.3 Å². The highest BCUT2D eigenvalue weighted by Gasteiger charge is 2.36. The molecule has 0 radical (unpaired) electrons. The zero-order valence-electron chi connectivity index (χ0n) is 20.2. The van der Waals surface area contributed by atoms with Crippen LogP contribution < -0.4 is 15.2 Å². The van der Waals surface area contributed by atoms with Crippen LogP contribution in [0.4, 0.5) is 9.59 Å². The third kappa shape index (κ3) is 9.65. The molecule has 0 heterocycles. The van der Waals surface area contributed by atoms with Crippen molar-refractivity contribution in [1.29, 1.82) is 0 Å². The summed E-state index contributed by atoms with van der Waals surface area (Å²) in [7, 11) is 1.19. The standard InChI is InChI=1S/C23H33NO10/c1-6-30-21(27)33-17-9-8-16(13-18(17)34-22(28)31-7-2)14-23(24,20(26)29-5)10-11-32-19(25)12-15(3)4/h8-9,13,15H,6-7,10-12,14,24H2,1-5H3/t23-/m1/s1. The highest BCUT2D eigenvalue weighted by Crippen LogP contribution is 2.31. The van der Waals surface area contributed by atoms with Crippen molar-refractivity contribution in [3.63, 3.8) is 0 Å². The molecule has 2 N–H and O–H groups in total. The van der Waals surface area contributed by atoms with E-state index < -0.39 is 29.8 Å². The van der Waals surface area contributed by atoms with Crippen LogP contribution in [0.15, 0.2) is 18.2 Å². The predicted octanol–water partition coefficient (Wildman–Crippen LogP) is 3.15. The van der Waals surface area contributed by atoms with E-state index >= 15 is 0 Å². The molecule has 1 atom stereocenters. The summed E-state index contributed by atoms with van der Waals surface area (Å²) in [4.78, 5) is 47.8. The van der Waals surface area contributed by atoms with E-state index in [0.717, 1.165) is 0 Å². The second-order valence-corrected chi connectivity index (χ2v) is 7.74. The SMILES string of the molecule is CCOC(=O)Oc1ccc(C[C@](N)(CCOC(=O)CC(C)C)C(=O)OC)cc1OC(=O)OCC. The molecule has 190 valence electrons. The molecule has 0 fully saturated rings. The highest BCUT2D eigenvalue weighted by atomic mass is 16.7. The minimum Gasteiger partial charge on any atom is -0.468 e. The topological polar surface area (TPSA) is 150 Å². The van der Waals surface area contributed by atoms with E-state index in [1.807, 2.05) is 13.8 Å². The monoisotopic (exact) mass is 483 g/mol. The van der Waals surface area contributed by atoms with Crippen LogP contribution in [0.1, 0.15) is 46.1 Å². The average molecular weight is 484 g/mol. The summed E-state index contributed by atoms with van der Waals surface area (Å²) in [6, 6.07) is 4.27. The molecule has 11 heteroatoms. The summed E-state index contributed by atoms with van der Waals surface area (Å²) in [5, 5.41) is 0. The molecule has 34 heavy (non-hydrogen) atoms. The van der Waals surface area contributed by atoms with E-state index in [1.54, 1.807) is 13.8 Å². The molecule has 1 aromatic carbocycles. The molecular formula is C23H33NO10. The molecule has 0 amide bonds. The minimum atomic E-state index is -1.54. The lowest BCUT2D eigenvalue weighted by molar-refractivity contribution is -0.151. The molecule has 1 rings (SSSR count). The van der Waals surface area contributed by atoms with Crippen molar-refractivity contribution in [3.8, 4) is 11.5 Å². The Morgan fingerprint density at radius 3 is 2.06 bits per heavy atom. The third-order valence-corrected chi connectivity index (χ3v) is 4.42. The Morgan fingerprint density at radius 1 is 0.941 bits per heavy atom. The fraction of sp³-hybridized carbons (Fsp3) is 0.565. The van der Waals surface area contributed by atoms with Crippen molar-refractivity contribution in [2.75, 3.05) is 26.9 Å². The van der Waals surface area contributed by atoms with Gasteiger partial charge >= 0.3 is 24.2 Å². The summed E-state index contributed by atoms with van der Waals surface area (Å²) in [6.45, 7) is 7.03. The number of esters is 2. The molecular weight excluding hydrogens is 450 g/mol. The van der Waals surface area contributed by atoms with Gasteiger partial charge in [-0.1, -0.05) is 19.9 Å². The van der Waals surface area contributed by atoms with Crippen molar-refractivity contribution < 1.29 is 47.6 Å². The fourth-order valence-electron chi connectivity index (χ4n) is 2.87. The number of hydrogen-bond acceptors (Lipinski definition) is 11. The average Bonchev–Trinajstić information content (AvgIpc) is 2.74. The van der Waals surface area contributed by atoms with Gasteiger partial charge in [0.25, 0.3) is 0 Å². The molecule has 0 bridgehead atoms. The summed E-state index contributed by atoms with van der Waals surface area (Å²) >= 11 is 0. The van der Waals surface area contributed by atoms with E-state index in [9.17, 15) is 19.2 Å². The highest BCUT2D eigenvalue weighted by molar-refractivity contribution is 5.81. The van der Waals surface area contributed by atoms with Gasteiger partial charge in [0, 0.05) is 19.3 Å². The van der Waals surface area contributed by atoms with Gasteiger partial charge in [0.2, 0.25) is 0 Å². The Hall–Kier alpha value is -3.34. The van der Waals surface area contributed by atoms with Gasteiger partial charge in [-0.15, -0.1) is 0 Å². The quantitative estimate of drug-likeness (QED) is 0.265. The Balaban J connectivity index is 3.11. The lowest BCUT2D eigenvalue weighted by Gasteiger charge is -2.26. The lowest BCUT2D eigenvalue weighted by atomic mass is 9.88. The van der Waals surface area contributed by atoms with Crippen LogP contribution in [0.3, 0.4) is 0 Å². The molecule has 1 aromatic rings. The first kappa shape index (κ1) is 28.7. The van der Waals surface area contributed by atoms with Gasteiger partial charge in [-0.2, -0.15) is 0 Å². The normalized spacial score (nSPS) is 12.3.